The monoisotopic (exact) mass is 365 g/mol. The van der Waals surface area contributed by atoms with Crippen molar-refractivity contribution >= 4 is 11.9 Å². The Morgan fingerprint density at radius 3 is 2.59 bits per heavy atom. The van der Waals surface area contributed by atoms with E-state index in [1.54, 1.807) is 6.07 Å². The highest BCUT2D eigenvalue weighted by Gasteiger charge is 2.44. The van der Waals surface area contributed by atoms with Crippen molar-refractivity contribution in [3.8, 4) is 6.07 Å². The third kappa shape index (κ3) is 3.90. The van der Waals surface area contributed by atoms with E-state index in [0.29, 0.717) is 6.54 Å². The van der Waals surface area contributed by atoms with Crippen molar-refractivity contribution in [2.24, 2.45) is 0 Å². The third-order valence-electron chi connectivity index (χ3n) is 4.81. The van der Waals surface area contributed by atoms with Gasteiger partial charge in [-0.3, -0.25) is 9.59 Å². The summed E-state index contributed by atoms with van der Waals surface area (Å²) in [5.41, 5.74) is 0.345. The van der Waals surface area contributed by atoms with Crippen LogP contribution in [0.5, 0.6) is 0 Å². The van der Waals surface area contributed by atoms with Crippen molar-refractivity contribution in [2.75, 3.05) is 13.7 Å². The number of carbonyl (C=O) groups excluding carboxylic acids is 2. The number of nitrogens with one attached hydrogen (secondary N) is 1. The molecule has 0 atom stereocenters. The molecule has 2 aromatic rings. The number of nitriles is 1. The maximum absolute atomic E-state index is 12.4. The lowest BCUT2D eigenvalue weighted by atomic mass is 9.96. The fourth-order valence-corrected chi connectivity index (χ4v) is 3.05. The number of benzene rings is 1. The molecule has 1 heterocycles. The van der Waals surface area contributed by atoms with Gasteiger partial charge in [0.25, 0.3) is 5.56 Å². The van der Waals surface area contributed by atoms with E-state index in [1.165, 1.54) is 18.9 Å². The zero-order chi connectivity index (χ0) is 19.4. The molecule has 7 nitrogen and oxygen atoms in total. The Hall–Kier alpha value is -3.40. The largest absolute Gasteiger partial charge is 0.465 e. The van der Waals surface area contributed by atoms with Crippen LogP contribution in [0.25, 0.3) is 0 Å². The zero-order valence-corrected chi connectivity index (χ0v) is 14.9. The molecule has 7 heteroatoms. The maximum Gasteiger partial charge on any atom is 0.339 e. The SMILES string of the molecule is COC(=O)c1cc(C#N)c(=O)n(CC(=O)NCC2(c3ccccc3)CC2)c1. The van der Waals surface area contributed by atoms with Gasteiger partial charge in [-0.2, -0.15) is 5.26 Å². The van der Waals surface area contributed by atoms with Crippen LogP contribution in [0.3, 0.4) is 0 Å². The highest BCUT2D eigenvalue weighted by Crippen LogP contribution is 2.47. The third-order valence-corrected chi connectivity index (χ3v) is 4.81. The van der Waals surface area contributed by atoms with E-state index in [1.807, 2.05) is 30.3 Å². The lowest BCUT2D eigenvalue weighted by molar-refractivity contribution is -0.121. The molecule has 0 unspecified atom stereocenters. The molecule has 1 aliphatic carbocycles. The van der Waals surface area contributed by atoms with E-state index in [4.69, 9.17) is 5.26 Å². The van der Waals surface area contributed by atoms with E-state index in [-0.39, 0.29) is 29.0 Å². The maximum atomic E-state index is 12.4. The second kappa shape index (κ2) is 7.46. The minimum absolute atomic E-state index is 0.0457. The van der Waals surface area contributed by atoms with Crippen LogP contribution in [-0.2, 0) is 21.5 Å². The molecule has 0 radical (unpaired) electrons. The first kappa shape index (κ1) is 18.4. The Morgan fingerprint density at radius 1 is 1.30 bits per heavy atom. The molecule has 1 aliphatic rings. The Kier molecular flexibility index (Phi) is 5.08. The summed E-state index contributed by atoms with van der Waals surface area (Å²) >= 11 is 0. The van der Waals surface area contributed by atoms with Crippen molar-refractivity contribution in [3.63, 3.8) is 0 Å². The zero-order valence-electron chi connectivity index (χ0n) is 14.9. The van der Waals surface area contributed by atoms with Crippen molar-refractivity contribution in [1.82, 2.24) is 9.88 Å². The lowest BCUT2D eigenvalue weighted by Gasteiger charge is -2.17. The number of hydrogen-bond donors (Lipinski definition) is 1. The van der Waals surface area contributed by atoms with Gasteiger partial charge in [0.1, 0.15) is 18.2 Å². The van der Waals surface area contributed by atoms with Gasteiger partial charge in [-0.25, -0.2) is 4.79 Å². The van der Waals surface area contributed by atoms with Gasteiger partial charge in [0, 0.05) is 18.2 Å². The lowest BCUT2D eigenvalue weighted by Crippen LogP contribution is -2.37. The molecule has 1 amide bonds. The smallest absolute Gasteiger partial charge is 0.339 e. The molecule has 1 aromatic heterocycles. The van der Waals surface area contributed by atoms with E-state index in [9.17, 15) is 14.4 Å². The number of aromatic nitrogens is 1. The molecule has 138 valence electrons. The average Bonchev–Trinajstić information content (AvgIpc) is 3.49. The topological polar surface area (TPSA) is 101 Å². The van der Waals surface area contributed by atoms with E-state index in [2.05, 4.69) is 10.1 Å². The summed E-state index contributed by atoms with van der Waals surface area (Å²) in [5.74, 6) is -1.04. The van der Waals surface area contributed by atoms with Crippen molar-refractivity contribution in [2.45, 2.75) is 24.8 Å². The number of pyridine rings is 1. The summed E-state index contributed by atoms with van der Waals surface area (Å²) < 4.78 is 5.68. The number of rotatable bonds is 6. The Bertz CT molecular complexity index is 969. The summed E-state index contributed by atoms with van der Waals surface area (Å²) in [5, 5.41) is 11.9. The summed E-state index contributed by atoms with van der Waals surface area (Å²) in [6.45, 7) is 0.204. The van der Waals surface area contributed by atoms with Gasteiger partial charge in [-0.1, -0.05) is 30.3 Å². The van der Waals surface area contributed by atoms with Gasteiger partial charge in [-0.05, 0) is 24.5 Å². The Morgan fingerprint density at radius 2 is 2.00 bits per heavy atom. The van der Waals surface area contributed by atoms with Gasteiger partial charge in [0.05, 0.1) is 12.7 Å². The minimum atomic E-state index is -0.679. The van der Waals surface area contributed by atoms with Crippen LogP contribution >= 0.6 is 0 Å². The van der Waals surface area contributed by atoms with E-state index in [0.717, 1.165) is 23.5 Å². The number of ether oxygens (including phenoxy) is 1. The predicted octanol–water partition coefficient (Wildman–Crippen LogP) is 1.35. The van der Waals surface area contributed by atoms with Crippen LogP contribution in [-0.4, -0.2) is 30.1 Å². The Labute approximate surface area is 156 Å². The normalized spacial score (nSPS) is 14.1. The molecule has 0 saturated heterocycles. The van der Waals surface area contributed by atoms with Crippen LogP contribution in [0.2, 0.25) is 0 Å². The molecule has 3 rings (SSSR count). The summed E-state index contributed by atoms with van der Waals surface area (Å²) in [4.78, 5) is 36.3. The minimum Gasteiger partial charge on any atom is -0.465 e. The first-order valence-electron chi connectivity index (χ1n) is 8.54. The van der Waals surface area contributed by atoms with Gasteiger partial charge in [-0.15, -0.1) is 0 Å². The molecule has 0 spiro atoms. The average molecular weight is 365 g/mol. The highest BCUT2D eigenvalue weighted by molar-refractivity contribution is 5.89. The standard InChI is InChI=1S/C20H19N3O4/c1-27-19(26)15-9-14(10-21)18(25)23(11-15)12-17(24)22-13-20(7-8-20)16-5-3-2-4-6-16/h2-6,9,11H,7-8,12-13H2,1H3,(H,22,24). The van der Waals surface area contributed by atoms with Gasteiger partial charge >= 0.3 is 5.97 Å². The van der Waals surface area contributed by atoms with Gasteiger partial charge in [0.15, 0.2) is 0 Å². The molecule has 1 fully saturated rings. The summed E-state index contributed by atoms with van der Waals surface area (Å²) in [7, 11) is 1.20. The van der Waals surface area contributed by atoms with Crippen LogP contribution in [0, 0.1) is 11.3 Å². The molecule has 0 aliphatic heterocycles. The number of carbonyl (C=O) groups is 2. The van der Waals surface area contributed by atoms with E-state index < -0.39 is 11.5 Å². The fourth-order valence-electron chi connectivity index (χ4n) is 3.05. The van der Waals surface area contributed by atoms with Gasteiger partial charge < -0.3 is 14.6 Å². The summed E-state index contributed by atoms with van der Waals surface area (Å²) in [6, 6.07) is 12.9. The molecule has 27 heavy (non-hydrogen) atoms. The first-order valence-corrected chi connectivity index (χ1v) is 8.54. The second-order valence-electron chi connectivity index (χ2n) is 6.60. The fraction of sp³-hybridized carbons (Fsp3) is 0.300. The first-order chi connectivity index (χ1) is 13.0. The van der Waals surface area contributed by atoms with Crippen molar-refractivity contribution < 1.29 is 14.3 Å². The molecular formula is C20H19N3O4. The Balaban J connectivity index is 1.72. The number of amides is 1. The number of methoxy groups -OCH3 is 1. The quantitative estimate of drug-likeness (QED) is 0.779. The number of esters is 1. The van der Waals surface area contributed by atoms with Crippen molar-refractivity contribution in [3.05, 3.63) is 69.6 Å². The molecular weight excluding hydrogens is 346 g/mol. The predicted molar refractivity (Wildman–Crippen MR) is 97.1 cm³/mol. The van der Waals surface area contributed by atoms with Crippen molar-refractivity contribution in [1.29, 1.82) is 5.26 Å². The number of hydrogen-bond acceptors (Lipinski definition) is 5. The molecule has 1 N–H and O–H groups in total. The number of nitrogens with zero attached hydrogens (tertiary/aromatic N) is 2. The van der Waals surface area contributed by atoms with Gasteiger partial charge in [0.2, 0.25) is 5.91 Å². The van der Waals surface area contributed by atoms with Crippen LogP contribution in [0.15, 0.2) is 47.4 Å². The summed E-state index contributed by atoms with van der Waals surface area (Å²) in [6.07, 6.45) is 3.22. The van der Waals surface area contributed by atoms with Crippen LogP contribution in [0.1, 0.15) is 34.3 Å². The molecule has 1 aromatic carbocycles. The van der Waals surface area contributed by atoms with Crippen LogP contribution < -0.4 is 10.9 Å². The molecule has 1 saturated carbocycles. The van der Waals surface area contributed by atoms with E-state index >= 15 is 0 Å². The second-order valence-corrected chi connectivity index (χ2v) is 6.60. The highest BCUT2D eigenvalue weighted by atomic mass is 16.5. The molecule has 0 bridgehead atoms. The van der Waals surface area contributed by atoms with Crippen LogP contribution in [0.4, 0.5) is 0 Å².